The molecule has 0 aliphatic rings. The number of amides is 2. The molecule has 1 atom stereocenters. The average Bonchev–Trinajstić information content (AvgIpc) is 2.38. The van der Waals surface area contributed by atoms with Gasteiger partial charge in [0.25, 0.3) is 0 Å². The Balaban J connectivity index is 2.33. The fourth-order valence-electron chi connectivity index (χ4n) is 1.82. The Morgan fingerprint density at radius 1 is 1.25 bits per heavy atom. The first-order valence-corrected chi connectivity index (χ1v) is 6.46. The fraction of sp³-hybridized carbons (Fsp3) is 0.385. The minimum atomic E-state index is -1.81. The largest absolute Gasteiger partial charge is 0.475 e. The second-order valence-corrected chi connectivity index (χ2v) is 4.60. The predicted molar refractivity (Wildman–Crippen MR) is 75.3 cm³/mol. The van der Waals surface area contributed by atoms with Crippen LogP contribution in [0.1, 0.15) is 24.8 Å². The molecule has 5 N–H and O–H groups in total. The van der Waals surface area contributed by atoms with Crippen LogP contribution in [0.3, 0.4) is 0 Å². The van der Waals surface area contributed by atoms with E-state index < -0.39 is 19.0 Å². The molecule has 0 spiro atoms. The molecule has 6 nitrogen and oxygen atoms in total. The van der Waals surface area contributed by atoms with Gasteiger partial charge in [0, 0.05) is 12.8 Å². The van der Waals surface area contributed by atoms with Gasteiger partial charge in [-0.1, -0.05) is 30.3 Å². The molecule has 1 aromatic rings. The van der Waals surface area contributed by atoms with Crippen molar-refractivity contribution >= 4 is 18.9 Å². The van der Waals surface area contributed by atoms with Gasteiger partial charge >= 0.3 is 7.12 Å². The molecule has 1 aromatic carbocycles. The summed E-state index contributed by atoms with van der Waals surface area (Å²) < 4.78 is 0. The van der Waals surface area contributed by atoms with Gasteiger partial charge in [0.15, 0.2) is 0 Å². The first-order chi connectivity index (χ1) is 9.49. The monoisotopic (exact) mass is 278 g/mol. The summed E-state index contributed by atoms with van der Waals surface area (Å²) in [5, 5.41) is 20.5. The maximum Gasteiger partial charge on any atom is 0.475 e. The molecule has 7 heteroatoms. The smallest absolute Gasteiger partial charge is 0.426 e. The highest BCUT2D eigenvalue weighted by Gasteiger charge is 2.26. The normalized spacial score (nSPS) is 11.7. The Morgan fingerprint density at radius 3 is 2.45 bits per heavy atom. The fourth-order valence-corrected chi connectivity index (χ4v) is 1.82. The molecule has 0 radical (unpaired) electrons. The minimum Gasteiger partial charge on any atom is -0.426 e. The van der Waals surface area contributed by atoms with Crippen molar-refractivity contribution in [1.82, 2.24) is 5.32 Å². The molecular weight excluding hydrogens is 259 g/mol. The Morgan fingerprint density at radius 2 is 1.90 bits per heavy atom. The van der Waals surface area contributed by atoms with E-state index in [1.54, 1.807) is 0 Å². The summed E-state index contributed by atoms with van der Waals surface area (Å²) in [7, 11) is -1.81. The summed E-state index contributed by atoms with van der Waals surface area (Å²) >= 11 is 0. The Labute approximate surface area is 118 Å². The third kappa shape index (κ3) is 6.35. The van der Waals surface area contributed by atoms with Gasteiger partial charge in [-0.25, -0.2) is 0 Å². The summed E-state index contributed by atoms with van der Waals surface area (Å²) in [5.41, 5.74) is 6.11. The third-order valence-corrected chi connectivity index (χ3v) is 2.84. The molecular formula is C13H19BN2O4. The highest BCUT2D eigenvalue weighted by molar-refractivity contribution is 6.44. The zero-order valence-electron chi connectivity index (χ0n) is 11.2. The summed E-state index contributed by atoms with van der Waals surface area (Å²) in [6.07, 6.45) is 1.34. The van der Waals surface area contributed by atoms with E-state index in [1.807, 2.05) is 30.3 Å². The van der Waals surface area contributed by atoms with E-state index in [1.165, 1.54) is 0 Å². The quantitative estimate of drug-likeness (QED) is 0.475. The number of rotatable bonds is 8. The van der Waals surface area contributed by atoms with Crippen molar-refractivity contribution in [2.75, 3.05) is 0 Å². The number of primary amides is 1. The van der Waals surface area contributed by atoms with Crippen molar-refractivity contribution < 1.29 is 19.6 Å². The van der Waals surface area contributed by atoms with Crippen LogP contribution in [0, 0.1) is 0 Å². The van der Waals surface area contributed by atoms with E-state index in [4.69, 9.17) is 15.8 Å². The molecule has 0 aliphatic carbocycles. The molecule has 0 saturated heterocycles. The number of hydrogen-bond donors (Lipinski definition) is 4. The standard InChI is InChI=1S/C13H19BN2O4/c15-12(17)9-11(14(19)20)16-13(18)8-4-7-10-5-2-1-3-6-10/h1-3,5-6,11,19-20H,4,7-9H2,(H2,15,17)(H,16,18)/t11-/m0/s1. The zero-order chi connectivity index (χ0) is 15.0. The SMILES string of the molecule is NC(=O)C[C@H](NC(=O)CCCc1ccccc1)B(O)O. The first kappa shape index (κ1) is 16.2. The lowest BCUT2D eigenvalue weighted by Crippen LogP contribution is -2.48. The molecule has 0 saturated carbocycles. The van der Waals surface area contributed by atoms with Crippen LogP contribution in [0.25, 0.3) is 0 Å². The lowest BCUT2D eigenvalue weighted by atomic mass is 9.77. The average molecular weight is 278 g/mol. The van der Waals surface area contributed by atoms with Crippen molar-refractivity contribution in [2.24, 2.45) is 5.73 Å². The first-order valence-electron chi connectivity index (χ1n) is 6.46. The molecule has 0 heterocycles. The molecule has 108 valence electrons. The van der Waals surface area contributed by atoms with E-state index in [2.05, 4.69) is 5.32 Å². The maximum atomic E-state index is 11.6. The van der Waals surface area contributed by atoms with Gasteiger partial charge in [0.1, 0.15) is 0 Å². The highest BCUT2D eigenvalue weighted by Crippen LogP contribution is 2.05. The van der Waals surface area contributed by atoms with Crippen LogP contribution in [-0.2, 0) is 16.0 Å². The number of nitrogens with one attached hydrogen (secondary N) is 1. The molecule has 0 bridgehead atoms. The number of aryl methyl sites for hydroxylation is 1. The van der Waals surface area contributed by atoms with E-state index in [0.29, 0.717) is 6.42 Å². The van der Waals surface area contributed by atoms with Gasteiger partial charge in [-0.05, 0) is 18.4 Å². The number of hydrogen-bond acceptors (Lipinski definition) is 4. The van der Waals surface area contributed by atoms with Crippen LogP contribution in [-0.4, -0.2) is 34.9 Å². The van der Waals surface area contributed by atoms with Crippen LogP contribution >= 0.6 is 0 Å². The van der Waals surface area contributed by atoms with E-state index in [9.17, 15) is 9.59 Å². The van der Waals surface area contributed by atoms with Crippen molar-refractivity contribution in [2.45, 2.75) is 31.6 Å². The van der Waals surface area contributed by atoms with E-state index >= 15 is 0 Å². The van der Waals surface area contributed by atoms with Crippen molar-refractivity contribution in [3.8, 4) is 0 Å². The van der Waals surface area contributed by atoms with Crippen LogP contribution in [0.15, 0.2) is 30.3 Å². The van der Waals surface area contributed by atoms with E-state index in [-0.39, 0.29) is 18.7 Å². The summed E-state index contributed by atoms with van der Waals surface area (Å²) in [5.74, 6) is -2.09. The van der Waals surface area contributed by atoms with Gasteiger partial charge in [0.2, 0.25) is 11.8 Å². The summed E-state index contributed by atoms with van der Waals surface area (Å²) in [6, 6.07) is 9.74. The van der Waals surface area contributed by atoms with Crippen LogP contribution in [0.2, 0.25) is 0 Å². The minimum absolute atomic E-state index is 0.247. The molecule has 0 aromatic heterocycles. The number of carbonyl (C=O) groups is 2. The van der Waals surface area contributed by atoms with Gasteiger partial charge in [-0.2, -0.15) is 0 Å². The number of carbonyl (C=O) groups excluding carboxylic acids is 2. The predicted octanol–water partition coefficient (Wildman–Crippen LogP) is -0.619. The topological polar surface area (TPSA) is 113 Å². The van der Waals surface area contributed by atoms with Crippen LogP contribution in [0.4, 0.5) is 0 Å². The number of nitrogens with two attached hydrogens (primary N) is 1. The Hall–Kier alpha value is -1.86. The lowest BCUT2D eigenvalue weighted by molar-refractivity contribution is -0.122. The van der Waals surface area contributed by atoms with Crippen molar-refractivity contribution in [1.29, 1.82) is 0 Å². The van der Waals surface area contributed by atoms with Gasteiger partial charge in [0.05, 0.1) is 5.94 Å². The Kier molecular flexibility index (Phi) is 6.76. The summed E-state index contributed by atoms with van der Waals surface area (Å²) in [4.78, 5) is 22.4. The molecule has 2 amide bonds. The third-order valence-electron chi connectivity index (χ3n) is 2.84. The second-order valence-electron chi connectivity index (χ2n) is 4.60. The van der Waals surface area contributed by atoms with Gasteiger partial charge in [-0.15, -0.1) is 0 Å². The van der Waals surface area contributed by atoms with Crippen molar-refractivity contribution in [3.05, 3.63) is 35.9 Å². The lowest BCUT2D eigenvalue weighted by Gasteiger charge is -2.16. The van der Waals surface area contributed by atoms with Crippen LogP contribution in [0.5, 0.6) is 0 Å². The number of benzene rings is 1. The molecule has 0 unspecified atom stereocenters. The van der Waals surface area contributed by atoms with Crippen LogP contribution < -0.4 is 11.1 Å². The van der Waals surface area contributed by atoms with Crippen molar-refractivity contribution in [3.63, 3.8) is 0 Å². The molecule has 20 heavy (non-hydrogen) atoms. The molecule has 1 rings (SSSR count). The molecule has 0 fully saturated rings. The second kappa shape index (κ2) is 8.34. The van der Waals surface area contributed by atoms with Gasteiger partial charge in [-0.3, -0.25) is 9.59 Å². The van der Waals surface area contributed by atoms with E-state index in [0.717, 1.165) is 12.0 Å². The summed E-state index contributed by atoms with van der Waals surface area (Å²) in [6.45, 7) is 0. The zero-order valence-corrected chi connectivity index (χ0v) is 11.2. The molecule has 0 aliphatic heterocycles. The van der Waals surface area contributed by atoms with Gasteiger partial charge < -0.3 is 21.1 Å². The Bertz CT molecular complexity index is 439. The maximum absolute atomic E-state index is 11.6. The highest BCUT2D eigenvalue weighted by atomic mass is 16.4.